The average Bonchev–Trinajstić information content (AvgIpc) is 2.57. The van der Waals surface area contributed by atoms with Gasteiger partial charge in [0, 0.05) is 37.2 Å². The van der Waals surface area contributed by atoms with Gasteiger partial charge in [0.05, 0.1) is 10.0 Å². The normalized spacial score (nSPS) is 17.0. The monoisotopic (exact) mass is 357 g/mol. The van der Waals surface area contributed by atoms with Crippen LogP contribution in [0.15, 0.2) is 18.2 Å². The Labute approximate surface area is 146 Å². The third-order valence-electron chi connectivity index (χ3n) is 4.14. The average molecular weight is 358 g/mol. The highest BCUT2D eigenvalue weighted by Gasteiger charge is 2.28. The number of benzene rings is 1. The molecule has 1 unspecified atom stereocenters. The van der Waals surface area contributed by atoms with Crippen LogP contribution in [0.25, 0.3) is 0 Å². The van der Waals surface area contributed by atoms with Gasteiger partial charge in [-0.05, 0) is 31.0 Å². The smallest absolute Gasteiger partial charge is 0.227 e. The van der Waals surface area contributed by atoms with Crippen molar-refractivity contribution >= 4 is 40.7 Å². The molecule has 0 aromatic heterocycles. The van der Waals surface area contributed by atoms with Gasteiger partial charge in [0.25, 0.3) is 0 Å². The van der Waals surface area contributed by atoms with E-state index in [1.165, 1.54) is 0 Å². The Morgan fingerprint density at radius 1 is 1.30 bits per heavy atom. The lowest BCUT2D eigenvalue weighted by Gasteiger charge is -2.32. The van der Waals surface area contributed by atoms with Crippen LogP contribution >= 0.6 is 23.2 Å². The molecule has 5 nitrogen and oxygen atoms in total. The summed E-state index contributed by atoms with van der Waals surface area (Å²) in [6.45, 7) is 3.34. The van der Waals surface area contributed by atoms with Gasteiger partial charge in [-0.25, -0.2) is 0 Å². The van der Waals surface area contributed by atoms with Crippen LogP contribution in [0.4, 0.5) is 5.69 Å². The molecule has 1 saturated heterocycles. The third kappa shape index (κ3) is 4.59. The maximum atomic E-state index is 12.3. The van der Waals surface area contributed by atoms with Crippen LogP contribution in [0.5, 0.6) is 0 Å². The zero-order valence-electron chi connectivity index (χ0n) is 13.0. The summed E-state index contributed by atoms with van der Waals surface area (Å²) in [7, 11) is 0. The number of piperidine rings is 1. The summed E-state index contributed by atoms with van der Waals surface area (Å²) in [6, 6.07) is 4.99. The Bertz CT molecular complexity index is 587. The van der Waals surface area contributed by atoms with E-state index in [0.717, 1.165) is 0 Å². The van der Waals surface area contributed by atoms with Gasteiger partial charge in [0.2, 0.25) is 11.8 Å². The zero-order valence-corrected chi connectivity index (χ0v) is 14.5. The number of halogens is 2. The maximum Gasteiger partial charge on any atom is 0.227 e. The van der Waals surface area contributed by atoms with E-state index in [1.807, 2.05) is 6.92 Å². The van der Waals surface area contributed by atoms with Crippen molar-refractivity contribution in [3.8, 4) is 0 Å². The molecular weight excluding hydrogens is 337 g/mol. The van der Waals surface area contributed by atoms with Gasteiger partial charge in [-0.2, -0.15) is 0 Å². The maximum absolute atomic E-state index is 12.3. The standard InChI is InChI=1S/C16H21Cl2N3O2/c1-10(9-19)16(23)21-6-4-11(5-7-21)15(22)20-12-2-3-13(17)14(18)8-12/h2-3,8,10-11H,4-7,9,19H2,1H3,(H,20,22). The van der Waals surface area contributed by atoms with Crippen LogP contribution in [0.2, 0.25) is 10.0 Å². The summed E-state index contributed by atoms with van der Waals surface area (Å²) in [5, 5.41) is 3.71. The highest BCUT2D eigenvalue weighted by Crippen LogP contribution is 2.26. The minimum atomic E-state index is -0.170. The molecule has 0 saturated carbocycles. The van der Waals surface area contributed by atoms with Gasteiger partial charge < -0.3 is 16.0 Å². The molecule has 0 spiro atoms. The number of nitrogens with one attached hydrogen (secondary N) is 1. The first kappa shape index (κ1) is 18.0. The Morgan fingerprint density at radius 3 is 2.52 bits per heavy atom. The number of hydrogen-bond donors (Lipinski definition) is 2. The van der Waals surface area contributed by atoms with Crippen LogP contribution in [0.3, 0.4) is 0 Å². The second kappa shape index (κ2) is 7.99. The van der Waals surface area contributed by atoms with E-state index in [1.54, 1.807) is 23.1 Å². The van der Waals surface area contributed by atoms with E-state index < -0.39 is 0 Å². The minimum absolute atomic E-state index is 0.0534. The van der Waals surface area contributed by atoms with Crippen molar-refractivity contribution in [1.29, 1.82) is 0 Å². The Balaban J connectivity index is 1.88. The molecule has 126 valence electrons. The van der Waals surface area contributed by atoms with Gasteiger partial charge >= 0.3 is 0 Å². The molecule has 1 aromatic rings. The zero-order chi connectivity index (χ0) is 17.0. The number of anilines is 1. The van der Waals surface area contributed by atoms with E-state index in [9.17, 15) is 9.59 Å². The van der Waals surface area contributed by atoms with Crippen molar-refractivity contribution in [2.45, 2.75) is 19.8 Å². The van der Waals surface area contributed by atoms with Gasteiger partial charge in [0.1, 0.15) is 0 Å². The van der Waals surface area contributed by atoms with Crippen LogP contribution < -0.4 is 11.1 Å². The number of hydrogen-bond acceptors (Lipinski definition) is 3. The molecule has 1 heterocycles. The van der Waals surface area contributed by atoms with E-state index in [0.29, 0.717) is 48.2 Å². The number of carbonyl (C=O) groups is 2. The summed E-state index contributed by atoms with van der Waals surface area (Å²) in [5.41, 5.74) is 6.16. The number of rotatable bonds is 4. The van der Waals surface area contributed by atoms with Crippen LogP contribution in [0, 0.1) is 11.8 Å². The van der Waals surface area contributed by atoms with E-state index in [2.05, 4.69) is 5.32 Å². The van der Waals surface area contributed by atoms with Crippen molar-refractivity contribution in [3.63, 3.8) is 0 Å². The van der Waals surface area contributed by atoms with Crippen LogP contribution in [-0.2, 0) is 9.59 Å². The molecule has 0 bridgehead atoms. The molecule has 0 radical (unpaired) electrons. The van der Waals surface area contributed by atoms with Gasteiger partial charge in [-0.15, -0.1) is 0 Å². The first-order valence-electron chi connectivity index (χ1n) is 7.67. The molecule has 0 aliphatic carbocycles. The number of likely N-dealkylation sites (tertiary alicyclic amines) is 1. The molecule has 7 heteroatoms. The SMILES string of the molecule is CC(CN)C(=O)N1CCC(C(=O)Nc2ccc(Cl)c(Cl)c2)CC1. The molecule has 1 fully saturated rings. The summed E-state index contributed by atoms with van der Waals surface area (Å²) < 4.78 is 0. The fraction of sp³-hybridized carbons (Fsp3) is 0.500. The predicted octanol–water partition coefficient (Wildman–Crippen LogP) is 2.77. The molecule has 1 atom stereocenters. The number of nitrogens with zero attached hydrogens (tertiary/aromatic N) is 1. The summed E-state index contributed by atoms with van der Waals surface area (Å²) in [6.07, 6.45) is 1.30. The van der Waals surface area contributed by atoms with Crippen molar-refractivity contribution in [2.24, 2.45) is 17.6 Å². The summed E-state index contributed by atoms with van der Waals surface area (Å²) >= 11 is 11.8. The Hall–Kier alpha value is -1.30. The first-order chi connectivity index (χ1) is 10.9. The largest absolute Gasteiger partial charge is 0.342 e. The Kier molecular flexibility index (Phi) is 6.27. The second-order valence-corrected chi connectivity index (χ2v) is 6.67. The van der Waals surface area contributed by atoms with Gasteiger partial charge in [-0.3, -0.25) is 9.59 Å². The predicted molar refractivity (Wildman–Crippen MR) is 92.6 cm³/mol. The molecule has 23 heavy (non-hydrogen) atoms. The van der Waals surface area contributed by atoms with Crippen molar-refractivity contribution in [1.82, 2.24) is 4.90 Å². The minimum Gasteiger partial charge on any atom is -0.342 e. The van der Waals surface area contributed by atoms with Crippen molar-refractivity contribution in [2.75, 3.05) is 25.0 Å². The summed E-state index contributed by atoms with van der Waals surface area (Å²) in [4.78, 5) is 26.2. The number of nitrogens with two attached hydrogens (primary N) is 1. The highest BCUT2D eigenvalue weighted by atomic mass is 35.5. The van der Waals surface area contributed by atoms with Crippen LogP contribution in [-0.4, -0.2) is 36.3 Å². The lowest BCUT2D eigenvalue weighted by atomic mass is 9.95. The molecule has 1 aromatic carbocycles. The third-order valence-corrected chi connectivity index (χ3v) is 4.88. The molecule has 2 amide bonds. The Morgan fingerprint density at radius 2 is 1.96 bits per heavy atom. The first-order valence-corrected chi connectivity index (χ1v) is 8.42. The van der Waals surface area contributed by atoms with Crippen molar-refractivity contribution in [3.05, 3.63) is 28.2 Å². The van der Waals surface area contributed by atoms with E-state index in [-0.39, 0.29) is 23.7 Å². The summed E-state index contributed by atoms with van der Waals surface area (Å²) in [5.74, 6) is -0.267. The van der Waals surface area contributed by atoms with E-state index >= 15 is 0 Å². The quantitative estimate of drug-likeness (QED) is 0.869. The number of amides is 2. The second-order valence-electron chi connectivity index (χ2n) is 5.85. The van der Waals surface area contributed by atoms with E-state index in [4.69, 9.17) is 28.9 Å². The van der Waals surface area contributed by atoms with Crippen LogP contribution in [0.1, 0.15) is 19.8 Å². The fourth-order valence-electron chi connectivity index (χ4n) is 2.59. The lowest BCUT2D eigenvalue weighted by molar-refractivity contribution is -0.137. The lowest BCUT2D eigenvalue weighted by Crippen LogP contribution is -2.44. The van der Waals surface area contributed by atoms with Gasteiger partial charge in [-0.1, -0.05) is 30.1 Å². The fourth-order valence-corrected chi connectivity index (χ4v) is 2.89. The van der Waals surface area contributed by atoms with Gasteiger partial charge in [0.15, 0.2) is 0 Å². The topological polar surface area (TPSA) is 75.4 Å². The molecular formula is C16H21Cl2N3O2. The number of carbonyl (C=O) groups excluding carboxylic acids is 2. The molecule has 1 aliphatic rings. The molecule has 1 aliphatic heterocycles. The highest BCUT2D eigenvalue weighted by molar-refractivity contribution is 6.42. The van der Waals surface area contributed by atoms with Crippen molar-refractivity contribution < 1.29 is 9.59 Å². The molecule has 3 N–H and O–H groups in total. The molecule has 2 rings (SSSR count).